The van der Waals surface area contributed by atoms with Gasteiger partial charge < -0.3 is 29.9 Å². The van der Waals surface area contributed by atoms with Crippen LogP contribution in [0.1, 0.15) is 18.9 Å². The van der Waals surface area contributed by atoms with E-state index in [1.165, 1.54) is 0 Å². The zero-order valence-electron chi connectivity index (χ0n) is 16.7. The van der Waals surface area contributed by atoms with Crippen molar-refractivity contribution in [3.8, 4) is 18.1 Å². The maximum Gasteiger partial charge on any atom is 0.118 e. The molecule has 1 aromatic carbocycles. The Morgan fingerprint density at radius 2 is 1.83 bits per heavy atom. The molecule has 0 bridgehead atoms. The number of hydrogen-bond acceptors (Lipinski definition) is 6. The van der Waals surface area contributed by atoms with Crippen LogP contribution in [-0.2, 0) is 11.2 Å². The van der Waals surface area contributed by atoms with E-state index >= 15 is 0 Å². The van der Waals surface area contributed by atoms with Gasteiger partial charge in [-0.15, -0.1) is 6.42 Å². The van der Waals surface area contributed by atoms with Crippen molar-refractivity contribution >= 4 is 0 Å². The first-order valence-electron chi connectivity index (χ1n) is 9.73. The third-order valence-electron chi connectivity index (χ3n) is 5.76. The minimum Gasteiger partial charge on any atom is -0.497 e. The van der Waals surface area contributed by atoms with Crippen molar-refractivity contribution in [3.05, 3.63) is 52.6 Å². The molecule has 3 rings (SSSR count). The smallest absolute Gasteiger partial charge is 0.118 e. The standard InChI is InChI=1S/C23H28O6/c1-4-15-9-13(2)18(23-22(27)21(26)20(25)19(12-24)29-23)11-16(15)10-14-5-7-17(28-3)8-6-14/h1,5-8,11,13,19-27H,9-10,12H2,2-3H3/t13?,19-,20-,21+,22-,23+/m1/s1. The molecule has 6 atom stereocenters. The highest BCUT2D eigenvalue weighted by Crippen LogP contribution is 2.37. The lowest BCUT2D eigenvalue weighted by Crippen LogP contribution is -2.59. The fourth-order valence-corrected chi connectivity index (χ4v) is 4.00. The number of rotatable bonds is 5. The quantitative estimate of drug-likeness (QED) is 0.550. The number of aliphatic hydroxyl groups is 4. The molecule has 0 saturated carbocycles. The first kappa shape index (κ1) is 21.6. The first-order chi connectivity index (χ1) is 13.9. The molecule has 1 saturated heterocycles. The van der Waals surface area contributed by atoms with Crippen LogP contribution >= 0.6 is 0 Å². The Morgan fingerprint density at radius 3 is 2.41 bits per heavy atom. The molecule has 0 spiro atoms. The van der Waals surface area contributed by atoms with Crippen LogP contribution in [0.5, 0.6) is 5.75 Å². The highest BCUT2D eigenvalue weighted by molar-refractivity contribution is 5.47. The summed E-state index contributed by atoms with van der Waals surface area (Å²) in [4.78, 5) is 0. The second-order valence-electron chi connectivity index (χ2n) is 7.67. The van der Waals surface area contributed by atoms with Gasteiger partial charge in [0.1, 0.15) is 36.3 Å². The molecule has 0 aromatic heterocycles. The van der Waals surface area contributed by atoms with Gasteiger partial charge in [0, 0.05) is 5.57 Å². The monoisotopic (exact) mass is 400 g/mol. The molecule has 156 valence electrons. The largest absolute Gasteiger partial charge is 0.497 e. The van der Waals surface area contributed by atoms with Crippen molar-refractivity contribution in [1.29, 1.82) is 0 Å². The van der Waals surface area contributed by atoms with Crippen LogP contribution in [0, 0.1) is 18.3 Å². The van der Waals surface area contributed by atoms with E-state index in [9.17, 15) is 20.4 Å². The predicted molar refractivity (Wildman–Crippen MR) is 108 cm³/mol. The van der Waals surface area contributed by atoms with E-state index in [0.29, 0.717) is 12.8 Å². The summed E-state index contributed by atoms with van der Waals surface area (Å²) in [7, 11) is 1.62. The Bertz CT molecular complexity index is 817. The van der Waals surface area contributed by atoms with Crippen LogP contribution < -0.4 is 4.74 Å². The zero-order chi connectivity index (χ0) is 21.1. The summed E-state index contributed by atoms with van der Waals surface area (Å²) in [6, 6.07) is 7.72. The molecule has 2 aliphatic rings. The van der Waals surface area contributed by atoms with Crippen molar-refractivity contribution in [2.75, 3.05) is 13.7 Å². The van der Waals surface area contributed by atoms with Gasteiger partial charge in [-0.05, 0) is 47.6 Å². The van der Waals surface area contributed by atoms with Crippen LogP contribution in [-0.4, -0.2) is 64.7 Å². The van der Waals surface area contributed by atoms with Gasteiger partial charge in [-0.3, -0.25) is 0 Å². The number of benzene rings is 1. The molecular formula is C23H28O6. The number of methoxy groups -OCH3 is 1. The Labute approximate surface area is 171 Å². The Hall–Kier alpha value is -2.14. The Kier molecular flexibility index (Phi) is 6.78. The summed E-state index contributed by atoms with van der Waals surface area (Å²) < 4.78 is 11.0. The molecule has 1 heterocycles. The fraction of sp³-hybridized carbons (Fsp3) is 0.478. The van der Waals surface area contributed by atoms with Gasteiger partial charge in [0.25, 0.3) is 0 Å². The van der Waals surface area contributed by atoms with Crippen molar-refractivity contribution in [3.63, 3.8) is 0 Å². The summed E-state index contributed by atoms with van der Waals surface area (Å²) in [5.74, 6) is 3.54. The van der Waals surface area contributed by atoms with Gasteiger partial charge in [0.05, 0.1) is 13.7 Å². The Morgan fingerprint density at radius 1 is 1.14 bits per heavy atom. The Balaban J connectivity index is 1.91. The van der Waals surface area contributed by atoms with Crippen LogP contribution in [0.4, 0.5) is 0 Å². The topological polar surface area (TPSA) is 99.4 Å². The molecule has 0 radical (unpaired) electrons. The SMILES string of the molecule is C#CC1=C(Cc2ccc(OC)cc2)C=C([C@@H]2O[C@H](CO)[C@@H](O)[C@H](O)[C@H]2O)C(C)C1. The van der Waals surface area contributed by atoms with Gasteiger partial charge in [-0.25, -0.2) is 0 Å². The van der Waals surface area contributed by atoms with E-state index in [-0.39, 0.29) is 5.92 Å². The van der Waals surface area contributed by atoms with Crippen LogP contribution in [0.15, 0.2) is 47.1 Å². The fourth-order valence-electron chi connectivity index (χ4n) is 4.00. The molecule has 1 unspecified atom stereocenters. The minimum absolute atomic E-state index is 0.0119. The molecule has 1 fully saturated rings. The van der Waals surface area contributed by atoms with E-state index in [0.717, 1.165) is 28.0 Å². The molecule has 1 aliphatic heterocycles. The number of hydrogen-bond donors (Lipinski definition) is 4. The van der Waals surface area contributed by atoms with Crippen LogP contribution in [0.25, 0.3) is 0 Å². The van der Waals surface area contributed by atoms with E-state index in [1.54, 1.807) is 7.11 Å². The molecule has 4 N–H and O–H groups in total. The summed E-state index contributed by atoms with van der Waals surface area (Å²) in [5.41, 5.74) is 3.70. The van der Waals surface area contributed by atoms with Gasteiger partial charge in [-0.1, -0.05) is 31.1 Å². The molecule has 0 amide bonds. The van der Waals surface area contributed by atoms with E-state index < -0.39 is 37.1 Å². The van der Waals surface area contributed by atoms with Gasteiger partial charge in [0.15, 0.2) is 0 Å². The molecule has 1 aliphatic carbocycles. The maximum absolute atomic E-state index is 10.5. The maximum atomic E-state index is 10.5. The average Bonchev–Trinajstić information content (AvgIpc) is 2.74. The predicted octanol–water partition coefficient (Wildman–Crippen LogP) is 0.976. The lowest BCUT2D eigenvalue weighted by Gasteiger charge is -2.43. The van der Waals surface area contributed by atoms with Gasteiger partial charge >= 0.3 is 0 Å². The van der Waals surface area contributed by atoms with Gasteiger partial charge in [0.2, 0.25) is 0 Å². The number of terminal acetylenes is 1. The lowest BCUT2D eigenvalue weighted by molar-refractivity contribution is -0.220. The van der Waals surface area contributed by atoms with Crippen LogP contribution in [0.2, 0.25) is 0 Å². The average molecular weight is 400 g/mol. The number of ether oxygens (including phenoxy) is 2. The zero-order valence-corrected chi connectivity index (χ0v) is 16.7. The lowest BCUT2D eigenvalue weighted by atomic mass is 9.77. The van der Waals surface area contributed by atoms with Crippen molar-refractivity contribution in [2.24, 2.45) is 5.92 Å². The number of allylic oxidation sites excluding steroid dienone is 3. The molecule has 29 heavy (non-hydrogen) atoms. The third-order valence-corrected chi connectivity index (χ3v) is 5.76. The number of aliphatic hydroxyl groups excluding tert-OH is 4. The van der Waals surface area contributed by atoms with E-state index in [4.69, 9.17) is 15.9 Å². The minimum atomic E-state index is -1.40. The van der Waals surface area contributed by atoms with Crippen molar-refractivity contribution in [2.45, 2.75) is 50.3 Å². The second kappa shape index (κ2) is 9.12. The van der Waals surface area contributed by atoms with E-state index in [2.05, 4.69) is 5.92 Å². The summed E-state index contributed by atoms with van der Waals surface area (Å²) in [6.07, 6.45) is 3.07. The molecule has 6 heteroatoms. The third kappa shape index (κ3) is 4.40. The summed E-state index contributed by atoms with van der Waals surface area (Å²) >= 11 is 0. The molecule has 1 aromatic rings. The molecule has 6 nitrogen and oxygen atoms in total. The van der Waals surface area contributed by atoms with E-state index in [1.807, 2.05) is 37.3 Å². The second-order valence-corrected chi connectivity index (χ2v) is 7.67. The molecular weight excluding hydrogens is 372 g/mol. The highest BCUT2D eigenvalue weighted by atomic mass is 16.5. The van der Waals surface area contributed by atoms with Crippen LogP contribution in [0.3, 0.4) is 0 Å². The highest BCUT2D eigenvalue weighted by Gasteiger charge is 2.45. The van der Waals surface area contributed by atoms with Crippen molar-refractivity contribution in [1.82, 2.24) is 0 Å². The summed E-state index contributed by atoms with van der Waals surface area (Å²) in [6.45, 7) is 1.53. The van der Waals surface area contributed by atoms with Crippen molar-refractivity contribution < 1.29 is 29.9 Å². The summed E-state index contributed by atoms with van der Waals surface area (Å²) in [5, 5.41) is 40.2. The first-order valence-corrected chi connectivity index (χ1v) is 9.73. The van der Waals surface area contributed by atoms with Gasteiger partial charge in [-0.2, -0.15) is 0 Å². The normalized spacial score (nSPS) is 32.5.